The smallest absolute Gasteiger partial charge is 0.323 e. The van der Waals surface area contributed by atoms with Gasteiger partial charge in [0.1, 0.15) is 24.6 Å². The summed E-state index contributed by atoms with van der Waals surface area (Å²) >= 11 is 0. The molecule has 0 unspecified atom stereocenters. The van der Waals surface area contributed by atoms with Crippen LogP contribution < -0.4 is 14.4 Å². The van der Waals surface area contributed by atoms with Gasteiger partial charge in [-0.15, -0.1) is 0 Å². The number of aryl methyl sites for hydroxylation is 1. The molecule has 2 aromatic rings. The standard InChI is InChI=1S/C37H57NO8/c1-2-3-4-5-6-7-8-9-10-11-12-13-14-15-16-17-23-45-32-25-31(38(28-35(40)41)29-36(42)43)26-33(27-32)46-24-19-21-30-20-18-22-34(39)37(30)44/h18,20,22,25-27,39,44H,2-17,19,21,23-24,28-29H2,1H3,(H,40,41)(H,42,43). The summed E-state index contributed by atoms with van der Waals surface area (Å²) in [4.78, 5) is 24.1. The van der Waals surface area contributed by atoms with E-state index >= 15 is 0 Å². The number of para-hydroxylation sites is 1. The Morgan fingerprint density at radius 3 is 1.57 bits per heavy atom. The van der Waals surface area contributed by atoms with Crippen LogP contribution in [0.2, 0.25) is 0 Å². The molecular formula is C37H57NO8. The molecule has 0 aliphatic heterocycles. The highest BCUT2D eigenvalue weighted by atomic mass is 16.5. The minimum atomic E-state index is -1.14. The minimum absolute atomic E-state index is 0.146. The third kappa shape index (κ3) is 17.2. The van der Waals surface area contributed by atoms with Crippen LogP contribution in [0.4, 0.5) is 5.69 Å². The van der Waals surface area contributed by atoms with Crippen molar-refractivity contribution in [2.45, 2.75) is 122 Å². The number of carboxylic acids is 2. The maximum absolute atomic E-state index is 11.4. The zero-order valence-electron chi connectivity index (χ0n) is 27.9. The zero-order valence-corrected chi connectivity index (χ0v) is 27.9. The summed E-state index contributed by atoms with van der Waals surface area (Å²) in [7, 11) is 0. The van der Waals surface area contributed by atoms with Crippen LogP contribution in [0.5, 0.6) is 23.0 Å². The van der Waals surface area contributed by atoms with Gasteiger partial charge in [0.2, 0.25) is 0 Å². The number of ether oxygens (including phenoxy) is 2. The van der Waals surface area contributed by atoms with Gasteiger partial charge >= 0.3 is 11.9 Å². The highest BCUT2D eigenvalue weighted by Gasteiger charge is 2.17. The van der Waals surface area contributed by atoms with E-state index in [1.54, 1.807) is 30.3 Å². The van der Waals surface area contributed by atoms with Crippen molar-refractivity contribution in [3.63, 3.8) is 0 Å². The molecule has 9 nitrogen and oxygen atoms in total. The fourth-order valence-corrected chi connectivity index (χ4v) is 5.54. The molecule has 0 aliphatic rings. The van der Waals surface area contributed by atoms with Gasteiger partial charge in [-0.2, -0.15) is 0 Å². The molecule has 0 aromatic heterocycles. The van der Waals surface area contributed by atoms with Crippen molar-refractivity contribution < 1.29 is 39.5 Å². The highest BCUT2D eigenvalue weighted by Crippen LogP contribution is 2.31. The third-order valence-corrected chi connectivity index (χ3v) is 8.11. The molecule has 0 bridgehead atoms. The summed E-state index contributed by atoms with van der Waals surface area (Å²) < 4.78 is 11.9. The van der Waals surface area contributed by atoms with E-state index in [-0.39, 0.29) is 18.1 Å². The van der Waals surface area contributed by atoms with Crippen molar-refractivity contribution in [2.75, 3.05) is 31.2 Å². The zero-order chi connectivity index (χ0) is 33.4. The Balaban J connectivity index is 1.75. The van der Waals surface area contributed by atoms with Crippen molar-refractivity contribution in [3.8, 4) is 23.0 Å². The normalized spacial score (nSPS) is 11.0. The lowest BCUT2D eigenvalue weighted by Crippen LogP contribution is -2.34. The molecule has 0 saturated heterocycles. The van der Waals surface area contributed by atoms with Crippen LogP contribution in [-0.4, -0.2) is 58.7 Å². The van der Waals surface area contributed by atoms with E-state index in [0.29, 0.717) is 42.2 Å². The van der Waals surface area contributed by atoms with Gasteiger partial charge < -0.3 is 34.8 Å². The number of nitrogens with zero attached hydrogens (tertiary/aromatic N) is 1. The maximum Gasteiger partial charge on any atom is 0.323 e. The predicted octanol–water partition coefficient (Wildman–Crippen LogP) is 8.73. The SMILES string of the molecule is CCCCCCCCCCCCCCCCCCOc1cc(OCCCc2cccc(O)c2O)cc(N(CC(=O)O)CC(=O)O)c1. The third-order valence-electron chi connectivity index (χ3n) is 8.11. The molecule has 0 aliphatic carbocycles. The number of anilines is 1. The molecule has 0 saturated carbocycles. The van der Waals surface area contributed by atoms with Crippen LogP contribution in [-0.2, 0) is 16.0 Å². The Hall–Kier alpha value is -3.62. The average molecular weight is 644 g/mol. The molecule has 2 rings (SSSR count). The van der Waals surface area contributed by atoms with Gasteiger partial charge in [0, 0.05) is 23.9 Å². The molecule has 0 amide bonds. The number of hydrogen-bond acceptors (Lipinski definition) is 7. The van der Waals surface area contributed by atoms with Crippen LogP contribution in [0.25, 0.3) is 0 Å². The lowest BCUT2D eigenvalue weighted by Gasteiger charge is -2.22. The number of phenolic OH excluding ortho intramolecular Hbond substituents is 2. The minimum Gasteiger partial charge on any atom is -0.504 e. The molecule has 0 atom stereocenters. The van der Waals surface area contributed by atoms with Gasteiger partial charge in [-0.1, -0.05) is 115 Å². The molecule has 2 aromatic carbocycles. The molecule has 46 heavy (non-hydrogen) atoms. The first-order chi connectivity index (χ1) is 22.3. The van der Waals surface area contributed by atoms with Gasteiger partial charge in [-0.25, -0.2) is 0 Å². The Labute approximate surface area is 275 Å². The Bertz CT molecular complexity index is 1120. The Kier molecular flexibility index (Phi) is 19.9. The summed E-state index contributed by atoms with van der Waals surface area (Å²) in [6.07, 6.45) is 21.6. The van der Waals surface area contributed by atoms with Gasteiger partial charge in [-0.05, 0) is 30.9 Å². The van der Waals surface area contributed by atoms with Crippen molar-refractivity contribution in [1.29, 1.82) is 0 Å². The number of aromatic hydroxyl groups is 2. The summed E-state index contributed by atoms with van der Waals surface area (Å²) in [5.74, 6) is -1.69. The van der Waals surface area contributed by atoms with E-state index in [0.717, 1.165) is 19.3 Å². The second kappa shape index (κ2) is 23.7. The quantitative estimate of drug-likeness (QED) is 0.0530. The molecule has 0 radical (unpaired) electrons. The fourth-order valence-electron chi connectivity index (χ4n) is 5.54. The number of carboxylic acid groups (broad SMARTS) is 2. The molecule has 258 valence electrons. The van der Waals surface area contributed by atoms with Crippen LogP contribution in [0.3, 0.4) is 0 Å². The maximum atomic E-state index is 11.4. The van der Waals surface area contributed by atoms with Gasteiger partial charge in [0.25, 0.3) is 0 Å². The second-order valence-electron chi connectivity index (χ2n) is 12.2. The Morgan fingerprint density at radius 1 is 0.630 bits per heavy atom. The molecule has 4 N–H and O–H groups in total. The fraction of sp³-hybridized carbons (Fsp3) is 0.622. The van der Waals surface area contributed by atoms with Crippen LogP contribution in [0, 0.1) is 0 Å². The molecule has 0 heterocycles. The lowest BCUT2D eigenvalue weighted by molar-refractivity contribution is -0.136. The van der Waals surface area contributed by atoms with Crippen LogP contribution in [0.15, 0.2) is 36.4 Å². The predicted molar refractivity (Wildman–Crippen MR) is 183 cm³/mol. The summed E-state index contributed by atoms with van der Waals surface area (Å²) in [6.45, 7) is 2.08. The number of benzene rings is 2. The molecular weight excluding hydrogens is 586 g/mol. The van der Waals surface area contributed by atoms with Gasteiger partial charge in [-0.3, -0.25) is 9.59 Å². The van der Waals surface area contributed by atoms with Crippen molar-refractivity contribution >= 4 is 17.6 Å². The van der Waals surface area contributed by atoms with E-state index in [1.807, 2.05) is 0 Å². The number of carbonyl (C=O) groups is 2. The number of hydrogen-bond donors (Lipinski definition) is 4. The molecule has 9 heteroatoms. The van der Waals surface area contributed by atoms with Crippen LogP contribution >= 0.6 is 0 Å². The summed E-state index contributed by atoms with van der Waals surface area (Å²) in [6, 6.07) is 9.80. The van der Waals surface area contributed by atoms with Crippen LogP contribution in [0.1, 0.15) is 122 Å². The van der Waals surface area contributed by atoms with Gasteiger partial charge in [0.15, 0.2) is 11.5 Å². The van der Waals surface area contributed by atoms with E-state index in [4.69, 9.17) is 9.47 Å². The number of rotatable bonds is 28. The number of phenols is 2. The lowest BCUT2D eigenvalue weighted by atomic mass is 10.0. The Morgan fingerprint density at radius 2 is 1.09 bits per heavy atom. The van der Waals surface area contributed by atoms with Gasteiger partial charge in [0.05, 0.1) is 13.2 Å². The number of aliphatic carboxylic acids is 2. The first-order valence-electron chi connectivity index (χ1n) is 17.4. The summed E-state index contributed by atoms with van der Waals surface area (Å²) in [5.41, 5.74) is 0.990. The summed E-state index contributed by atoms with van der Waals surface area (Å²) in [5, 5.41) is 38.4. The highest BCUT2D eigenvalue weighted by molar-refractivity contribution is 5.80. The van der Waals surface area contributed by atoms with Crippen molar-refractivity contribution in [3.05, 3.63) is 42.0 Å². The second-order valence-corrected chi connectivity index (χ2v) is 12.2. The van der Waals surface area contributed by atoms with E-state index in [9.17, 15) is 30.0 Å². The first kappa shape index (κ1) is 38.6. The monoisotopic (exact) mass is 643 g/mol. The molecule has 0 fully saturated rings. The van der Waals surface area contributed by atoms with Crippen molar-refractivity contribution in [2.24, 2.45) is 0 Å². The van der Waals surface area contributed by atoms with Crippen molar-refractivity contribution in [1.82, 2.24) is 0 Å². The largest absolute Gasteiger partial charge is 0.504 e. The molecule has 0 spiro atoms. The first-order valence-corrected chi connectivity index (χ1v) is 17.4. The van der Waals surface area contributed by atoms with E-state index in [1.165, 1.54) is 94.4 Å². The van der Waals surface area contributed by atoms with E-state index in [2.05, 4.69) is 6.92 Å². The number of unbranched alkanes of at least 4 members (excludes halogenated alkanes) is 15. The average Bonchev–Trinajstić information content (AvgIpc) is 3.02. The van der Waals surface area contributed by atoms with E-state index < -0.39 is 25.0 Å². The topological polar surface area (TPSA) is 137 Å².